The first-order chi connectivity index (χ1) is 1.41. The topological polar surface area (TPSA) is 0 Å². The van der Waals surface area contributed by atoms with Gasteiger partial charge in [-0.25, -0.2) is 0 Å². The second kappa shape index (κ2) is 8.82. The molecule has 0 spiro atoms. The van der Waals surface area contributed by atoms with Gasteiger partial charge in [0.15, 0.2) is 0 Å². The summed E-state index contributed by atoms with van der Waals surface area (Å²) >= 11 is 0. The minimum absolute atomic E-state index is 0. The Bertz CT molecular complexity index is 13.5. The van der Waals surface area contributed by atoms with Gasteiger partial charge in [-0.2, -0.15) is 0 Å². The van der Waals surface area contributed by atoms with Gasteiger partial charge in [-0.1, -0.05) is 0 Å². The molecule has 0 fully saturated rings. The summed E-state index contributed by atoms with van der Waals surface area (Å²) in [5.41, 5.74) is 0. The normalized spacial score (nSPS) is 3.00. The SMILES string of the molecule is BC=C.[KH]. The summed E-state index contributed by atoms with van der Waals surface area (Å²) in [6, 6.07) is 0. The average Bonchev–Trinajstić information content (AvgIpc) is 0.918. The molecule has 0 amide bonds. The van der Waals surface area contributed by atoms with Gasteiger partial charge >= 0.3 is 51.4 Å². The van der Waals surface area contributed by atoms with Gasteiger partial charge in [-0.3, -0.25) is 0 Å². The second-order valence-corrected chi connectivity index (χ2v) is 0.408. The zero-order valence-corrected chi connectivity index (χ0v) is 2.28. The van der Waals surface area contributed by atoms with Crippen molar-refractivity contribution in [3.05, 3.63) is 12.6 Å². The van der Waals surface area contributed by atoms with Crippen LogP contribution in [-0.2, 0) is 0 Å². The van der Waals surface area contributed by atoms with Crippen LogP contribution in [0.2, 0.25) is 0 Å². The molecule has 0 aromatic carbocycles. The van der Waals surface area contributed by atoms with Crippen molar-refractivity contribution in [2.24, 2.45) is 0 Å². The van der Waals surface area contributed by atoms with E-state index in [0.29, 0.717) is 0 Å². The van der Waals surface area contributed by atoms with Crippen LogP contribution in [0.15, 0.2) is 12.6 Å². The molecular formula is C2H6BK. The fraction of sp³-hybridized carbons (Fsp3) is 0. The van der Waals surface area contributed by atoms with Gasteiger partial charge in [0.25, 0.3) is 0 Å². The van der Waals surface area contributed by atoms with Gasteiger partial charge in [-0.05, 0) is 0 Å². The fourth-order valence-electron chi connectivity index (χ4n) is 0. The molecule has 0 radical (unpaired) electrons. The Hall–Kier alpha value is 1.44. The Labute approximate surface area is 70.5 Å². The van der Waals surface area contributed by atoms with Gasteiger partial charge in [0.05, 0.1) is 0 Å². The van der Waals surface area contributed by atoms with Gasteiger partial charge < -0.3 is 0 Å². The van der Waals surface area contributed by atoms with E-state index in [1.54, 1.807) is 5.98 Å². The van der Waals surface area contributed by atoms with Crippen LogP contribution in [0.4, 0.5) is 0 Å². The predicted octanol–water partition coefficient (Wildman–Crippen LogP) is -0.886. The van der Waals surface area contributed by atoms with Crippen molar-refractivity contribution in [3.8, 4) is 0 Å². The molecule has 0 rings (SSSR count). The number of rotatable bonds is 0. The van der Waals surface area contributed by atoms with Crippen molar-refractivity contribution in [2.45, 2.75) is 0 Å². The molecular weight excluding hydrogens is 73.9 g/mol. The third-order valence-electron chi connectivity index (χ3n) is 0. The van der Waals surface area contributed by atoms with Crippen LogP contribution in [0.3, 0.4) is 0 Å². The third-order valence-corrected chi connectivity index (χ3v) is 0. The molecule has 0 aliphatic heterocycles. The Morgan fingerprint density at radius 2 is 1.75 bits per heavy atom. The molecule has 0 saturated heterocycles. The van der Waals surface area contributed by atoms with Crippen LogP contribution in [0.5, 0.6) is 0 Å². The van der Waals surface area contributed by atoms with Crippen LogP contribution in [0, 0.1) is 0 Å². The quantitative estimate of drug-likeness (QED) is 0.331. The number of hydrogen-bond donors (Lipinski definition) is 0. The maximum atomic E-state index is 3.36. The molecule has 0 aliphatic rings. The maximum absolute atomic E-state index is 3.36. The van der Waals surface area contributed by atoms with Gasteiger partial charge in [-0.15, -0.1) is 12.6 Å². The Morgan fingerprint density at radius 3 is 1.75 bits per heavy atom. The van der Waals surface area contributed by atoms with E-state index in [1.807, 2.05) is 7.85 Å². The summed E-state index contributed by atoms with van der Waals surface area (Å²) in [5.74, 6) is 1.75. The first-order valence-corrected chi connectivity index (χ1v) is 0.986. The van der Waals surface area contributed by atoms with Gasteiger partial charge in [0, 0.05) is 0 Å². The van der Waals surface area contributed by atoms with E-state index in [0.717, 1.165) is 0 Å². The zero-order valence-electron chi connectivity index (χ0n) is 2.28. The van der Waals surface area contributed by atoms with E-state index in [1.165, 1.54) is 0 Å². The minimum atomic E-state index is 0. The predicted molar refractivity (Wildman–Crippen MR) is 25.9 cm³/mol. The second-order valence-electron chi connectivity index (χ2n) is 0.408. The van der Waals surface area contributed by atoms with Gasteiger partial charge in [0.2, 0.25) is 0 Å². The standard InChI is InChI=1S/C2H5B.K.H/c1-2-3;;/h2H,1,3H2;;. The van der Waals surface area contributed by atoms with Crippen molar-refractivity contribution >= 4 is 59.2 Å². The summed E-state index contributed by atoms with van der Waals surface area (Å²) in [5, 5.41) is 0. The van der Waals surface area contributed by atoms with E-state index in [2.05, 4.69) is 6.58 Å². The van der Waals surface area contributed by atoms with Crippen LogP contribution < -0.4 is 0 Å². The Kier molecular flexibility index (Phi) is 20.0. The van der Waals surface area contributed by atoms with Crippen LogP contribution in [0.1, 0.15) is 0 Å². The van der Waals surface area contributed by atoms with Crippen LogP contribution in [0.25, 0.3) is 0 Å². The Morgan fingerprint density at radius 1 is 1.75 bits per heavy atom. The molecule has 0 unspecified atom stereocenters. The molecule has 0 saturated carbocycles. The van der Waals surface area contributed by atoms with Gasteiger partial charge in [0.1, 0.15) is 7.85 Å². The molecule has 0 atom stereocenters. The molecule has 4 heavy (non-hydrogen) atoms. The molecule has 0 nitrogen and oxygen atoms in total. The van der Waals surface area contributed by atoms with Crippen LogP contribution in [-0.4, -0.2) is 59.2 Å². The molecule has 0 bridgehead atoms. The van der Waals surface area contributed by atoms with E-state index < -0.39 is 0 Å². The van der Waals surface area contributed by atoms with E-state index in [4.69, 9.17) is 0 Å². The average molecular weight is 80.0 g/mol. The summed E-state index contributed by atoms with van der Waals surface area (Å²) in [6.07, 6.45) is 0. The van der Waals surface area contributed by atoms with E-state index >= 15 is 0 Å². The first kappa shape index (κ1) is 9.06. The zero-order chi connectivity index (χ0) is 2.71. The molecule has 0 N–H and O–H groups in total. The number of hydrogen-bond acceptors (Lipinski definition) is 0. The summed E-state index contributed by atoms with van der Waals surface area (Å²) in [6.45, 7) is 3.36. The molecule has 0 aromatic rings. The molecule has 0 aliphatic carbocycles. The molecule has 2 heteroatoms. The van der Waals surface area contributed by atoms with Crippen molar-refractivity contribution in [1.29, 1.82) is 0 Å². The monoisotopic (exact) mass is 80.0 g/mol. The fourth-order valence-corrected chi connectivity index (χ4v) is 0. The summed E-state index contributed by atoms with van der Waals surface area (Å²) < 4.78 is 0. The molecule has 0 aromatic heterocycles. The van der Waals surface area contributed by atoms with E-state index in [-0.39, 0.29) is 51.4 Å². The van der Waals surface area contributed by atoms with Crippen molar-refractivity contribution < 1.29 is 0 Å². The first-order valence-electron chi connectivity index (χ1n) is 0.986. The summed E-state index contributed by atoms with van der Waals surface area (Å²) in [7, 11) is 1.89. The molecule has 0 heterocycles. The van der Waals surface area contributed by atoms with Crippen molar-refractivity contribution in [3.63, 3.8) is 0 Å². The Balaban J connectivity index is 0. The van der Waals surface area contributed by atoms with Crippen LogP contribution >= 0.6 is 0 Å². The van der Waals surface area contributed by atoms with E-state index in [9.17, 15) is 0 Å². The molecule has 18 valence electrons. The van der Waals surface area contributed by atoms with Crippen molar-refractivity contribution in [1.82, 2.24) is 0 Å². The summed E-state index contributed by atoms with van der Waals surface area (Å²) in [4.78, 5) is 0. The van der Waals surface area contributed by atoms with Crippen molar-refractivity contribution in [2.75, 3.05) is 0 Å². The third kappa shape index (κ3) is 9.87.